The minimum Gasteiger partial charge on any atom is -0.331 e. The summed E-state index contributed by atoms with van der Waals surface area (Å²) in [7, 11) is 0. The van der Waals surface area contributed by atoms with Crippen molar-refractivity contribution in [3.8, 4) is 0 Å². The van der Waals surface area contributed by atoms with Crippen molar-refractivity contribution in [1.29, 1.82) is 0 Å². The number of fused-ring (bicyclic) bond motifs is 1. The lowest BCUT2D eigenvalue weighted by atomic mass is 10.0. The lowest BCUT2D eigenvalue weighted by molar-refractivity contribution is -0.110. The fourth-order valence-corrected chi connectivity index (χ4v) is 2.74. The lowest BCUT2D eigenvalue weighted by Gasteiger charge is -2.22. The Bertz CT molecular complexity index is 844. The minimum absolute atomic E-state index is 0.0329. The summed E-state index contributed by atoms with van der Waals surface area (Å²) in [4.78, 5) is 34.5. The highest BCUT2D eigenvalue weighted by molar-refractivity contribution is 6.32. The number of rotatable bonds is 5. The average molecular weight is 336 g/mol. The summed E-state index contributed by atoms with van der Waals surface area (Å²) < 4.78 is 0. The number of aromatic nitrogens is 2. The molecular formula is C19H20N4O2. The maximum Gasteiger partial charge on any atom is 0.257 e. The van der Waals surface area contributed by atoms with Crippen LogP contribution in [0.1, 0.15) is 36.7 Å². The van der Waals surface area contributed by atoms with Crippen LogP contribution in [0.3, 0.4) is 0 Å². The first-order valence-corrected chi connectivity index (χ1v) is 8.17. The van der Waals surface area contributed by atoms with Crippen LogP contribution in [0.15, 0.2) is 43.0 Å². The van der Waals surface area contributed by atoms with Crippen molar-refractivity contribution in [2.75, 3.05) is 16.8 Å². The fraction of sp³-hybridized carbons (Fsp3) is 0.263. The molecule has 6 nitrogen and oxygen atoms in total. The molecule has 2 heterocycles. The van der Waals surface area contributed by atoms with Gasteiger partial charge in [0, 0.05) is 42.0 Å². The third-order valence-electron chi connectivity index (χ3n) is 3.90. The number of ketones is 1. The van der Waals surface area contributed by atoms with E-state index in [0.29, 0.717) is 35.1 Å². The van der Waals surface area contributed by atoms with Gasteiger partial charge in [0.15, 0.2) is 11.6 Å². The Kier molecular flexibility index (Phi) is 4.61. The van der Waals surface area contributed by atoms with Gasteiger partial charge in [0.25, 0.3) is 5.91 Å². The monoisotopic (exact) mass is 336 g/mol. The summed E-state index contributed by atoms with van der Waals surface area (Å²) >= 11 is 0. The number of hydrogen-bond acceptors (Lipinski definition) is 5. The van der Waals surface area contributed by atoms with E-state index in [1.54, 1.807) is 43.0 Å². The van der Waals surface area contributed by atoms with Gasteiger partial charge in [-0.1, -0.05) is 13.8 Å². The van der Waals surface area contributed by atoms with Crippen molar-refractivity contribution in [3.05, 3.63) is 54.1 Å². The van der Waals surface area contributed by atoms with Gasteiger partial charge in [0.05, 0.1) is 11.8 Å². The molecule has 0 spiro atoms. The number of anilines is 2. The first-order valence-electron chi connectivity index (χ1n) is 8.17. The highest BCUT2D eigenvalue weighted by Crippen LogP contribution is 2.33. The van der Waals surface area contributed by atoms with E-state index in [0.717, 1.165) is 5.56 Å². The van der Waals surface area contributed by atoms with Crippen molar-refractivity contribution >= 4 is 28.8 Å². The van der Waals surface area contributed by atoms with Gasteiger partial charge in [-0.2, -0.15) is 0 Å². The molecule has 0 saturated carbocycles. The number of carbonyl (C=O) groups excluding carboxylic acids is 2. The van der Waals surface area contributed by atoms with Crippen molar-refractivity contribution in [1.82, 2.24) is 9.97 Å². The van der Waals surface area contributed by atoms with Gasteiger partial charge in [0.2, 0.25) is 0 Å². The highest BCUT2D eigenvalue weighted by atomic mass is 16.2. The smallest absolute Gasteiger partial charge is 0.257 e. The van der Waals surface area contributed by atoms with E-state index in [1.807, 2.05) is 4.90 Å². The topological polar surface area (TPSA) is 75.2 Å². The number of amides is 1. The van der Waals surface area contributed by atoms with Crippen LogP contribution in [0.5, 0.6) is 0 Å². The predicted octanol–water partition coefficient (Wildman–Crippen LogP) is 3.13. The highest BCUT2D eigenvalue weighted by Gasteiger charge is 2.26. The van der Waals surface area contributed by atoms with Crippen molar-refractivity contribution in [2.24, 2.45) is 5.92 Å². The Labute approximate surface area is 146 Å². The Hall–Kier alpha value is -3.02. The van der Waals surface area contributed by atoms with Crippen LogP contribution in [0.2, 0.25) is 0 Å². The van der Waals surface area contributed by atoms with Gasteiger partial charge in [-0.15, -0.1) is 0 Å². The Balaban J connectivity index is 2.05. The van der Waals surface area contributed by atoms with E-state index in [4.69, 9.17) is 0 Å². The molecule has 1 amide bonds. The predicted molar refractivity (Wildman–Crippen MR) is 97.3 cm³/mol. The maximum absolute atomic E-state index is 12.4. The molecule has 1 aliphatic rings. The van der Waals surface area contributed by atoms with Gasteiger partial charge < -0.3 is 10.2 Å². The fourth-order valence-electron chi connectivity index (χ4n) is 2.74. The van der Waals surface area contributed by atoms with Crippen LogP contribution in [0.25, 0.3) is 5.57 Å². The van der Waals surface area contributed by atoms with Gasteiger partial charge in [-0.05, 0) is 31.0 Å². The zero-order valence-corrected chi connectivity index (χ0v) is 14.5. The van der Waals surface area contributed by atoms with Crippen LogP contribution in [-0.2, 0) is 4.79 Å². The molecule has 0 radical (unpaired) electrons. The molecule has 1 N–H and O–H groups in total. The summed E-state index contributed by atoms with van der Waals surface area (Å²) in [6.45, 7) is 6.40. The molecule has 0 aliphatic carbocycles. The number of Topliss-reactive ketones (excluding diaryl/α,β-unsaturated/α-hetero) is 1. The molecule has 128 valence electrons. The van der Waals surface area contributed by atoms with Crippen LogP contribution in [-0.4, -0.2) is 28.2 Å². The van der Waals surface area contributed by atoms with E-state index in [1.165, 1.54) is 6.92 Å². The second kappa shape index (κ2) is 6.84. The first kappa shape index (κ1) is 16.8. The largest absolute Gasteiger partial charge is 0.331 e. The van der Waals surface area contributed by atoms with Crippen LogP contribution >= 0.6 is 0 Å². The normalized spacial score (nSPS) is 14.6. The molecule has 0 bridgehead atoms. The first-order chi connectivity index (χ1) is 12.0. The average Bonchev–Trinajstić information content (AvgIpc) is 2.89. The SMILES string of the molecule is CC(=O)c1ccc2c(c1)C(=CN(CC(C)C)c1cnccn1)C(=O)N2. The molecule has 0 unspecified atom stereocenters. The molecule has 25 heavy (non-hydrogen) atoms. The van der Waals surface area contributed by atoms with E-state index in [2.05, 4.69) is 29.1 Å². The summed E-state index contributed by atoms with van der Waals surface area (Å²) in [5, 5.41) is 2.84. The molecule has 2 aromatic rings. The van der Waals surface area contributed by atoms with E-state index >= 15 is 0 Å². The molecule has 1 aromatic heterocycles. The second-order valence-electron chi connectivity index (χ2n) is 6.42. The lowest BCUT2D eigenvalue weighted by Crippen LogP contribution is -2.24. The zero-order chi connectivity index (χ0) is 18.0. The van der Waals surface area contributed by atoms with Gasteiger partial charge in [-0.25, -0.2) is 4.98 Å². The zero-order valence-electron chi connectivity index (χ0n) is 14.5. The van der Waals surface area contributed by atoms with Gasteiger partial charge >= 0.3 is 0 Å². The third kappa shape index (κ3) is 3.57. The van der Waals surface area contributed by atoms with Crippen LogP contribution < -0.4 is 10.2 Å². The molecule has 0 fully saturated rings. The van der Waals surface area contributed by atoms with Gasteiger partial charge in [0.1, 0.15) is 0 Å². The molecule has 6 heteroatoms. The molecular weight excluding hydrogens is 316 g/mol. The summed E-state index contributed by atoms with van der Waals surface area (Å²) in [6.07, 6.45) is 6.69. The maximum atomic E-state index is 12.4. The van der Waals surface area contributed by atoms with E-state index in [9.17, 15) is 9.59 Å². The van der Waals surface area contributed by atoms with Crippen LogP contribution in [0.4, 0.5) is 11.5 Å². The Morgan fingerprint density at radius 1 is 1.32 bits per heavy atom. The molecule has 0 atom stereocenters. The third-order valence-corrected chi connectivity index (χ3v) is 3.90. The summed E-state index contributed by atoms with van der Waals surface area (Å²) in [5.41, 5.74) is 2.54. The quantitative estimate of drug-likeness (QED) is 0.670. The standard InChI is InChI=1S/C19H20N4O2/c1-12(2)10-23(18-9-20-6-7-21-18)11-16-15-8-14(13(3)24)4-5-17(15)22-19(16)25/h4-9,11-12H,10H2,1-3H3,(H,22,25). The van der Waals surface area contributed by atoms with E-state index < -0.39 is 0 Å². The second-order valence-corrected chi connectivity index (χ2v) is 6.42. The van der Waals surface area contributed by atoms with Crippen LogP contribution in [0, 0.1) is 5.92 Å². The number of nitrogens with zero attached hydrogens (tertiary/aromatic N) is 3. The molecule has 3 rings (SSSR count). The number of hydrogen-bond donors (Lipinski definition) is 1. The molecule has 0 saturated heterocycles. The van der Waals surface area contributed by atoms with Crippen molar-refractivity contribution in [2.45, 2.75) is 20.8 Å². The molecule has 1 aliphatic heterocycles. The van der Waals surface area contributed by atoms with Crippen molar-refractivity contribution in [3.63, 3.8) is 0 Å². The molecule has 1 aromatic carbocycles. The number of benzene rings is 1. The summed E-state index contributed by atoms with van der Waals surface area (Å²) in [6, 6.07) is 5.24. The summed E-state index contributed by atoms with van der Waals surface area (Å²) in [5.74, 6) is 0.821. The van der Waals surface area contributed by atoms with Gasteiger partial charge in [-0.3, -0.25) is 14.6 Å². The minimum atomic E-state index is -0.187. The number of carbonyl (C=O) groups is 2. The Morgan fingerprint density at radius 2 is 2.12 bits per heavy atom. The number of nitrogens with one attached hydrogen (secondary N) is 1. The van der Waals surface area contributed by atoms with Crippen molar-refractivity contribution < 1.29 is 9.59 Å². The van der Waals surface area contributed by atoms with E-state index in [-0.39, 0.29) is 11.7 Å². The Morgan fingerprint density at radius 3 is 2.76 bits per heavy atom.